The molecule has 1 aromatic carbocycles. The summed E-state index contributed by atoms with van der Waals surface area (Å²) in [4.78, 5) is 2.70. The zero-order valence-corrected chi connectivity index (χ0v) is 12.5. The van der Waals surface area contributed by atoms with E-state index in [0.29, 0.717) is 0 Å². The van der Waals surface area contributed by atoms with Crippen molar-refractivity contribution in [3.63, 3.8) is 0 Å². The van der Waals surface area contributed by atoms with Crippen LogP contribution in [0.2, 0.25) is 10.0 Å². The normalized spacial score (nSPS) is 10.2. The van der Waals surface area contributed by atoms with Crippen LogP contribution in [0.15, 0.2) is 0 Å². The second kappa shape index (κ2) is 6.48. The predicted molar refractivity (Wildman–Crippen MR) is 73.2 cm³/mol. The Hall–Kier alpha value is -2.62. The predicted octanol–water partition coefficient (Wildman–Crippen LogP) is 4.57. The molecule has 1 aromatic heterocycles. The van der Waals surface area contributed by atoms with Crippen LogP contribution in [0.4, 0.5) is 33.3 Å². The van der Waals surface area contributed by atoms with Crippen LogP contribution in [0, 0.1) is 52.0 Å². The topological polar surface area (TPSA) is 72.5 Å². The molecule has 2 aromatic rings. The summed E-state index contributed by atoms with van der Waals surface area (Å²) < 4.78 is 68.6. The second-order valence-corrected chi connectivity index (χ2v) is 4.87. The molecule has 0 radical (unpaired) electrons. The second-order valence-electron chi connectivity index (χ2n) is 4.11. The molecule has 0 saturated carbocycles. The van der Waals surface area contributed by atoms with Gasteiger partial charge in [0.05, 0.1) is 5.69 Å². The zero-order chi connectivity index (χ0) is 18.2. The number of anilines is 2. The maximum absolute atomic E-state index is 14.2. The Morgan fingerprint density at radius 2 is 1.21 bits per heavy atom. The maximum Gasteiger partial charge on any atom is 0.236 e. The van der Waals surface area contributed by atoms with Crippen molar-refractivity contribution in [3.05, 3.63) is 50.5 Å². The lowest BCUT2D eigenvalue weighted by Gasteiger charge is -2.14. The third kappa shape index (κ3) is 2.68. The monoisotopic (exact) mass is 378 g/mol. The molecule has 0 unspecified atom stereocenters. The van der Waals surface area contributed by atoms with Crippen molar-refractivity contribution < 1.29 is 22.0 Å². The molecule has 0 amide bonds. The van der Waals surface area contributed by atoms with E-state index in [2.05, 4.69) is 4.98 Å². The van der Waals surface area contributed by atoms with Gasteiger partial charge < -0.3 is 5.32 Å². The van der Waals surface area contributed by atoms with E-state index in [0.717, 1.165) is 6.07 Å². The summed E-state index contributed by atoms with van der Waals surface area (Å²) in [6.45, 7) is 0. The summed E-state index contributed by atoms with van der Waals surface area (Å²) in [6.07, 6.45) is 0. The fourth-order valence-corrected chi connectivity index (χ4v) is 2.12. The van der Waals surface area contributed by atoms with E-state index < -0.39 is 61.9 Å². The third-order valence-corrected chi connectivity index (χ3v) is 3.48. The molecule has 0 atom stereocenters. The van der Waals surface area contributed by atoms with Crippen molar-refractivity contribution in [2.45, 2.75) is 0 Å². The Morgan fingerprint density at radius 1 is 0.750 bits per heavy atom. The van der Waals surface area contributed by atoms with Gasteiger partial charge in [-0.1, -0.05) is 23.2 Å². The van der Waals surface area contributed by atoms with Gasteiger partial charge in [-0.05, 0) is 0 Å². The van der Waals surface area contributed by atoms with Crippen LogP contribution in [-0.2, 0) is 0 Å². The van der Waals surface area contributed by atoms with Crippen molar-refractivity contribution >= 4 is 34.6 Å². The van der Waals surface area contributed by atoms with E-state index in [1.54, 1.807) is 5.32 Å². The summed E-state index contributed by atoms with van der Waals surface area (Å²) in [6, 6.07) is 2.33. The number of aromatic nitrogens is 1. The summed E-state index contributed by atoms with van der Waals surface area (Å²) in [7, 11) is 0. The van der Waals surface area contributed by atoms with Crippen LogP contribution >= 0.6 is 23.2 Å². The maximum atomic E-state index is 14.2. The molecule has 2 rings (SSSR count). The van der Waals surface area contributed by atoms with E-state index in [1.807, 2.05) is 0 Å². The fourth-order valence-electron chi connectivity index (χ4n) is 1.70. The van der Waals surface area contributed by atoms with Gasteiger partial charge in [0, 0.05) is 0 Å². The van der Waals surface area contributed by atoms with Crippen molar-refractivity contribution in [2.75, 3.05) is 5.32 Å². The SMILES string of the molecule is N#Cc1c(F)c(F)c(Nc2c(Cl)c(F)nc(F)c2Cl)c(F)c1C#N. The highest BCUT2D eigenvalue weighted by molar-refractivity contribution is 6.39. The molecule has 0 aliphatic carbocycles. The third-order valence-electron chi connectivity index (χ3n) is 2.79. The molecule has 0 spiro atoms. The standard InChI is InChI=1S/C13HCl2F5N4/c14-5-10(6(15)13(20)24-12(5)19)23-11-8(17)4(2-22)3(1-21)7(16)9(11)18/h(H,23,24). The number of rotatable bonds is 2. The first-order valence-electron chi connectivity index (χ1n) is 5.72. The molecule has 11 heteroatoms. The first-order valence-corrected chi connectivity index (χ1v) is 6.47. The van der Waals surface area contributed by atoms with Crippen LogP contribution in [-0.4, -0.2) is 4.98 Å². The number of nitriles is 2. The first-order chi connectivity index (χ1) is 11.2. The quantitative estimate of drug-likeness (QED) is 0.471. The number of nitrogens with one attached hydrogen (secondary N) is 1. The van der Waals surface area contributed by atoms with Crippen LogP contribution < -0.4 is 5.32 Å². The van der Waals surface area contributed by atoms with Crippen LogP contribution in [0.25, 0.3) is 0 Å². The highest BCUT2D eigenvalue weighted by Gasteiger charge is 2.27. The molecule has 0 aliphatic rings. The van der Waals surface area contributed by atoms with E-state index in [-0.39, 0.29) is 0 Å². The number of benzene rings is 1. The molecule has 0 aliphatic heterocycles. The molecule has 0 saturated heterocycles. The molecule has 0 fully saturated rings. The van der Waals surface area contributed by atoms with Gasteiger partial charge in [-0.3, -0.25) is 0 Å². The molecular weight excluding hydrogens is 378 g/mol. The van der Waals surface area contributed by atoms with Crippen molar-refractivity contribution in [1.82, 2.24) is 4.98 Å². The lowest BCUT2D eigenvalue weighted by Crippen LogP contribution is -2.08. The molecule has 4 nitrogen and oxygen atoms in total. The number of halogens is 7. The lowest BCUT2D eigenvalue weighted by atomic mass is 10.1. The van der Waals surface area contributed by atoms with Crippen LogP contribution in [0.5, 0.6) is 0 Å². The highest BCUT2D eigenvalue weighted by Crippen LogP contribution is 2.38. The Labute approximate surface area is 140 Å². The van der Waals surface area contributed by atoms with Gasteiger partial charge in [-0.2, -0.15) is 24.3 Å². The Kier molecular flexibility index (Phi) is 4.78. The average Bonchev–Trinajstić information content (AvgIpc) is 2.55. The van der Waals surface area contributed by atoms with Gasteiger partial charge in [0.25, 0.3) is 0 Å². The molecular formula is C13HCl2F5N4. The van der Waals surface area contributed by atoms with Crippen molar-refractivity contribution in [3.8, 4) is 12.1 Å². The summed E-state index contributed by atoms with van der Waals surface area (Å²) in [5, 5.41) is 17.4. The molecule has 122 valence electrons. The minimum atomic E-state index is -1.91. The van der Waals surface area contributed by atoms with E-state index >= 15 is 0 Å². The van der Waals surface area contributed by atoms with Crippen LogP contribution in [0.1, 0.15) is 11.1 Å². The minimum Gasteiger partial charge on any atom is -0.348 e. The number of hydrogen-bond acceptors (Lipinski definition) is 4. The first kappa shape index (κ1) is 17.7. The largest absolute Gasteiger partial charge is 0.348 e. The molecule has 24 heavy (non-hydrogen) atoms. The molecule has 1 N–H and O–H groups in total. The number of pyridine rings is 1. The summed E-state index contributed by atoms with van der Waals surface area (Å²) >= 11 is 11.0. The smallest absolute Gasteiger partial charge is 0.236 e. The highest BCUT2D eigenvalue weighted by atomic mass is 35.5. The van der Waals surface area contributed by atoms with Gasteiger partial charge >= 0.3 is 0 Å². The summed E-state index contributed by atoms with van der Waals surface area (Å²) in [5.41, 5.74) is -4.42. The van der Waals surface area contributed by atoms with Gasteiger partial charge in [-0.15, -0.1) is 0 Å². The van der Waals surface area contributed by atoms with Gasteiger partial charge in [-0.25, -0.2) is 13.2 Å². The summed E-state index contributed by atoms with van der Waals surface area (Å²) in [5.74, 6) is -8.50. The molecule has 1 heterocycles. The Bertz CT molecular complexity index is 923. The number of hydrogen-bond donors (Lipinski definition) is 1. The Balaban J connectivity index is 2.77. The molecule has 0 bridgehead atoms. The zero-order valence-electron chi connectivity index (χ0n) is 11.0. The minimum absolute atomic E-state index is 0.839. The Morgan fingerprint density at radius 3 is 1.67 bits per heavy atom. The van der Waals surface area contributed by atoms with E-state index in [9.17, 15) is 22.0 Å². The lowest BCUT2D eigenvalue weighted by molar-refractivity contribution is 0.495. The average molecular weight is 379 g/mol. The van der Waals surface area contributed by atoms with Crippen molar-refractivity contribution in [2.24, 2.45) is 0 Å². The number of nitrogens with zero attached hydrogens (tertiary/aromatic N) is 3. The van der Waals surface area contributed by atoms with Gasteiger partial charge in [0.15, 0.2) is 17.5 Å². The van der Waals surface area contributed by atoms with Crippen molar-refractivity contribution in [1.29, 1.82) is 10.5 Å². The van der Waals surface area contributed by atoms with E-state index in [4.69, 9.17) is 33.7 Å². The van der Waals surface area contributed by atoms with Gasteiger partial charge in [0.2, 0.25) is 11.9 Å². The van der Waals surface area contributed by atoms with Crippen LogP contribution in [0.3, 0.4) is 0 Å². The van der Waals surface area contributed by atoms with E-state index in [1.165, 1.54) is 6.07 Å². The van der Waals surface area contributed by atoms with Gasteiger partial charge in [0.1, 0.15) is 39.0 Å². The fraction of sp³-hybridized carbons (Fsp3) is 0.